The van der Waals surface area contributed by atoms with Crippen LogP contribution in [0.25, 0.3) is 0 Å². The average Bonchev–Trinajstić information content (AvgIpc) is 2.72. The predicted molar refractivity (Wildman–Crippen MR) is 59.8 cm³/mol. The second-order valence-corrected chi connectivity index (χ2v) is 5.01. The maximum Gasteiger partial charge on any atom is 0.110 e. The average molecular weight is 205 g/mol. The molecule has 0 bridgehead atoms. The lowest BCUT2D eigenvalue weighted by atomic mass is 9.57. The van der Waals surface area contributed by atoms with Gasteiger partial charge in [0.15, 0.2) is 0 Å². The zero-order valence-corrected chi connectivity index (χ0v) is 9.17. The van der Waals surface area contributed by atoms with E-state index in [1.54, 1.807) is 0 Å². The Balaban J connectivity index is 1.85. The highest BCUT2D eigenvalue weighted by Crippen LogP contribution is 2.52. The molecule has 2 fully saturated rings. The van der Waals surface area contributed by atoms with Crippen molar-refractivity contribution in [1.82, 2.24) is 5.32 Å². The van der Waals surface area contributed by atoms with Gasteiger partial charge in [0.2, 0.25) is 0 Å². The summed E-state index contributed by atoms with van der Waals surface area (Å²) in [5.41, 5.74) is 0.408. The van der Waals surface area contributed by atoms with Crippen molar-refractivity contribution in [3.8, 4) is 0 Å². The molecule has 0 radical (unpaired) electrons. The van der Waals surface area contributed by atoms with Gasteiger partial charge in [0.05, 0.1) is 6.26 Å². The molecular weight excluding hydrogens is 186 g/mol. The predicted octanol–water partition coefficient (Wildman–Crippen LogP) is 2.70. The fraction of sp³-hybridized carbons (Fsp3) is 0.692. The SMILES string of the molecule is c1coc(C2(C3CCNCC3)CCC2)c1. The van der Waals surface area contributed by atoms with Crippen molar-refractivity contribution in [3.05, 3.63) is 24.2 Å². The summed E-state index contributed by atoms with van der Waals surface area (Å²) < 4.78 is 5.67. The fourth-order valence-corrected chi connectivity index (χ4v) is 3.35. The number of hydrogen-bond acceptors (Lipinski definition) is 2. The molecule has 15 heavy (non-hydrogen) atoms. The van der Waals surface area contributed by atoms with Crippen molar-refractivity contribution in [2.45, 2.75) is 37.5 Å². The second kappa shape index (κ2) is 3.67. The third kappa shape index (κ3) is 1.43. The van der Waals surface area contributed by atoms with Gasteiger partial charge in [-0.2, -0.15) is 0 Å². The van der Waals surface area contributed by atoms with Crippen molar-refractivity contribution in [2.75, 3.05) is 13.1 Å². The minimum Gasteiger partial charge on any atom is -0.469 e. The Morgan fingerprint density at radius 3 is 2.60 bits per heavy atom. The van der Waals surface area contributed by atoms with E-state index < -0.39 is 0 Å². The molecule has 0 aromatic carbocycles. The van der Waals surface area contributed by atoms with Gasteiger partial charge in [-0.05, 0) is 56.8 Å². The van der Waals surface area contributed by atoms with E-state index in [0.717, 1.165) is 5.92 Å². The first kappa shape index (κ1) is 9.46. The van der Waals surface area contributed by atoms with E-state index >= 15 is 0 Å². The maximum absolute atomic E-state index is 5.67. The van der Waals surface area contributed by atoms with Crippen LogP contribution in [0.15, 0.2) is 22.8 Å². The Bertz CT molecular complexity index is 307. The molecule has 1 saturated carbocycles. The van der Waals surface area contributed by atoms with Crippen LogP contribution in [0.2, 0.25) is 0 Å². The van der Waals surface area contributed by atoms with Gasteiger partial charge in [-0.1, -0.05) is 6.42 Å². The van der Waals surface area contributed by atoms with E-state index in [4.69, 9.17) is 4.42 Å². The van der Waals surface area contributed by atoms with Crippen LogP contribution < -0.4 is 5.32 Å². The first-order valence-corrected chi connectivity index (χ1v) is 6.16. The summed E-state index contributed by atoms with van der Waals surface area (Å²) in [6, 6.07) is 4.22. The van der Waals surface area contributed by atoms with Gasteiger partial charge in [0.1, 0.15) is 5.76 Å². The van der Waals surface area contributed by atoms with Crippen LogP contribution in [0.5, 0.6) is 0 Å². The Kier molecular flexibility index (Phi) is 2.32. The monoisotopic (exact) mass is 205 g/mol. The Hall–Kier alpha value is -0.760. The van der Waals surface area contributed by atoms with Gasteiger partial charge >= 0.3 is 0 Å². The van der Waals surface area contributed by atoms with E-state index in [-0.39, 0.29) is 0 Å². The molecule has 0 spiro atoms. The minimum absolute atomic E-state index is 0.408. The van der Waals surface area contributed by atoms with E-state index in [0.29, 0.717) is 5.41 Å². The lowest BCUT2D eigenvalue weighted by Gasteiger charge is -2.48. The normalized spacial score (nSPS) is 26.1. The van der Waals surface area contributed by atoms with E-state index in [1.165, 1.54) is 51.0 Å². The van der Waals surface area contributed by atoms with Crippen LogP contribution in [0, 0.1) is 5.92 Å². The Morgan fingerprint density at radius 1 is 1.27 bits per heavy atom. The summed E-state index contributed by atoms with van der Waals surface area (Å²) in [4.78, 5) is 0. The number of hydrogen-bond donors (Lipinski definition) is 1. The molecule has 2 heteroatoms. The molecule has 0 unspecified atom stereocenters. The van der Waals surface area contributed by atoms with Gasteiger partial charge in [-0.3, -0.25) is 0 Å². The third-order valence-electron chi connectivity index (χ3n) is 4.38. The van der Waals surface area contributed by atoms with E-state index in [2.05, 4.69) is 11.4 Å². The molecule has 1 saturated heterocycles. The van der Waals surface area contributed by atoms with Gasteiger partial charge in [0.25, 0.3) is 0 Å². The van der Waals surface area contributed by atoms with Crippen LogP contribution in [0.4, 0.5) is 0 Å². The molecule has 1 N–H and O–H groups in total. The van der Waals surface area contributed by atoms with Gasteiger partial charge < -0.3 is 9.73 Å². The zero-order chi connectivity index (χ0) is 10.1. The fourth-order valence-electron chi connectivity index (χ4n) is 3.35. The molecule has 2 heterocycles. The molecule has 1 aliphatic carbocycles. The quantitative estimate of drug-likeness (QED) is 0.803. The summed E-state index contributed by atoms with van der Waals surface area (Å²) in [6.45, 7) is 2.38. The van der Waals surface area contributed by atoms with Crippen LogP contribution in [-0.4, -0.2) is 13.1 Å². The lowest BCUT2D eigenvalue weighted by molar-refractivity contribution is 0.0912. The zero-order valence-electron chi connectivity index (χ0n) is 9.17. The Labute approximate surface area is 91.0 Å². The van der Waals surface area contributed by atoms with Crippen molar-refractivity contribution in [2.24, 2.45) is 5.92 Å². The highest BCUT2D eigenvalue weighted by atomic mass is 16.3. The Morgan fingerprint density at radius 2 is 2.07 bits per heavy atom. The number of piperidine rings is 1. The second-order valence-electron chi connectivity index (χ2n) is 5.01. The number of rotatable bonds is 2. The smallest absolute Gasteiger partial charge is 0.110 e. The standard InChI is InChI=1S/C13H19NO/c1-3-12(15-10-1)13(6-2-7-13)11-4-8-14-9-5-11/h1,3,10-11,14H,2,4-9H2. The molecule has 2 nitrogen and oxygen atoms in total. The van der Waals surface area contributed by atoms with E-state index in [9.17, 15) is 0 Å². The first-order chi connectivity index (χ1) is 7.42. The molecule has 1 aliphatic heterocycles. The summed E-state index contributed by atoms with van der Waals surface area (Å²) >= 11 is 0. The molecule has 1 aromatic heterocycles. The highest BCUT2D eigenvalue weighted by Gasteiger charge is 2.47. The molecule has 3 rings (SSSR count). The summed E-state index contributed by atoms with van der Waals surface area (Å²) in [6.07, 6.45) is 8.53. The van der Waals surface area contributed by atoms with Crippen molar-refractivity contribution >= 4 is 0 Å². The van der Waals surface area contributed by atoms with Crippen LogP contribution in [-0.2, 0) is 5.41 Å². The molecule has 0 atom stereocenters. The van der Waals surface area contributed by atoms with Crippen molar-refractivity contribution < 1.29 is 4.42 Å². The molecule has 82 valence electrons. The van der Waals surface area contributed by atoms with Gasteiger partial charge in [-0.25, -0.2) is 0 Å². The molecule has 1 aromatic rings. The van der Waals surface area contributed by atoms with Crippen LogP contribution in [0.3, 0.4) is 0 Å². The summed E-state index contributed by atoms with van der Waals surface area (Å²) in [5.74, 6) is 2.10. The topological polar surface area (TPSA) is 25.2 Å². The minimum atomic E-state index is 0.408. The van der Waals surface area contributed by atoms with Gasteiger partial charge in [0, 0.05) is 5.41 Å². The van der Waals surface area contributed by atoms with Crippen LogP contribution >= 0.6 is 0 Å². The van der Waals surface area contributed by atoms with Crippen molar-refractivity contribution in [3.63, 3.8) is 0 Å². The third-order valence-corrected chi connectivity index (χ3v) is 4.38. The van der Waals surface area contributed by atoms with Crippen LogP contribution in [0.1, 0.15) is 37.9 Å². The summed E-state index contributed by atoms with van der Waals surface area (Å²) in [5, 5.41) is 3.45. The van der Waals surface area contributed by atoms with Crippen molar-refractivity contribution in [1.29, 1.82) is 0 Å². The first-order valence-electron chi connectivity index (χ1n) is 6.16. The van der Waals surface area contributed by atoms with Gasteiger partial charge in [-0.15, -0.1) is 0 Å². The van der Waals surface area contributed by atoms with E-state index in [1.807, 2.05) is 12.3 Å². The molecule has 2 aliphatic rings. The maximum atomic E-state index is 5.67. The number of furan rings is 1. The lowest BCUT2D eigenvalue weighted by Crippen LogP contribution is -2.46. The summed E-state index contributed by atoms with van der Waals surface area (Å²) in [7, 11) is 0. The number of nitrogens with one attached hydrogen (secondary N) is 1. The molecular formula is C13H19NO. The largest absolute Gasteiger partial charge is 0.469 e. The molecule has 0 amide bonds. The highest BCUT2D eigenvalue weighted by molar-refractivity contribution is 5.20.